The molecule has 0 atom stereocenters. The first-order valence-corrected chi connectivity index (χ1v) is 11.3. The van der Waals surface area contributed by atoms with Crippen molar-refractivity contribution in [2.45, 2.75) is 0 Å². The van der Waals surface area contributed by atoms with E-state index in [1.165, 1.54) is 0 Å². The summed E-state index contributed by atoms with van der Waals surface area (Å²) in [4.78, 5) is 12.4. The second-order valence-electron chi connectivity index (χ2n) is 6.21. The van der Waals surface area contributed by atoms with Gasteiger partial charge in [-0.1, -0.05) is 30.3 Å². The molecule has 0 unspecified atom stereocenters. The average Bonchev–Trinajstić information content (AvgIpc) is 2.69. The monoisotopic (exact) mass is 474 g/mol. The van der Waals surface area contributed by atoms with Crippen molar-refractivity contribution in [3.05, 3.63) is 83.3 Å². The van der Waals surface area contributed by atoms with Crippen LogP contribution in [0.3, 0.4) is 0 Å². The number of benzene rings is 3. The molecule has 0 aliphatic rings. The smallest absolute Gasteiger partial charge is 0.245 e. The molecule has 0 aromatic heterocycles. The van der Waals surface area contributed by atoms with Crippen LogP contribution in [0.4, 0.5) is 11.4 Å². The van der Waals surface area contributed by atoms with Gasteiger partial charge in [-0.05, 0) is 64.5 Å². The predicted octanol–water partition coefficient (Wildman–Crippen LogP) is 4.65. The molecule has 0 radical (unpaired) electrons. The molecule has 6 nitrogen and oxygen atoms in total. The van der Waals surface area contributed by atoms with Crippen molar-refractivity contribution in [1.82, 2.24) is 0 Å². The molecule has 29 heavy (non-hydrogen) atoms. The maximum Gasteiger partial charge on any atom is 0.245 e. The van der Waals surface area contributed by atoms with Crippen LogP contribution >= 0.6 is 15.9 Å². The minimum atomic E-state index is -3.67. The van der Waals surface area contributed by atoms with Crippen LogP contribution in [0.2, 0.25) is 0 Å². The molecule has 1 N–H and O–H groups in total. The van der Waals surface area contributed by atoms with Crippen LogP contribution in [0.1, 0.15) is 0 Å². The van der Waals surface area contributed by atoms with E-state index in [0.29, 0.717) is 27.3 Å². The number of carbonyl (C=O) groups is 1. The van der Waals surface area contributed by atoms with Gasteiger partial charge in [0, 0.05) is 4.47 Å². The molecule has 0 bridgehead atoms. The van der Waals surface area contributed by atoms with Gasteiger partial charge in [-0.2, -0.15) is 0 Å². The number of para-hydroxylation sites is 2. The lowest BCUT2D eigenvalue weighted by Crippen LogP contribution is -2.37. The topological polar surface area (TPSA) is 75.7 Å². The van der Waals surface area contributed by atoms with Gasteiger partial charge in [-0.15, -0.1) is 0 Å². The molecule has 1 amide bonds. The van der Waals surface area contributed by atoms with Crippen LogP contribution in [0.5, 0.6) is 11.5 Å². The molecule has 0 aliphatic carbocycles. The highest BCUT2D eigenvalue weighted by Crippen LogP contribution is 2.26. The zero-order chi connectivity index (χ0) is 20.9. The third-order valence-corrected chi connectivity index (χ3v) is 5.77. The van der Waals surface area contributed by atoms with Crippen molar-refractivity contribution in [3.63, 3.8) is 0 Å². The molecule has 150 valence electrons. The van der Waals surface area contributed by atoms with Gasteiger partial charge in [0.25, 0.3) is 0 Å². The van der Waals surface area contributed by atoms with Gasteiger partial charge >= 0.3 is 0 Å². The summed E-state index contributed by atoms with van der Waals surface area (Å²) in [5.41, 5.74) is 0.938. The number of nitrogens with zero attached hydrogens (tertiary/aromatic N) is 1. The molecule has 0 saturated carbocycles. The van der Waals surface area contributed by atoms with Crippen LogP contribution in [0, 0.1) is 0 Å². The maximum atomic E-state index is 12.4. The van der Waals surface area contributed by atoms with Gasteiger partial charge in [0.2, 0.25) is 15.9 Å². The average molecular weight is 475 g/mol. The lowest BCUT2D eigenvalue weighted by molar-refractivity contribution is -0.114. The van der Waals surface area contributed by atoms with E-state index in [0.717, 1.165) is 10.6 Å². The van der Waals surface area contributed by atoms with Crippen molar-refractivity contribution in [2.75, 3.05) is 22.4 Å². The molecule has 3 aromatic carbocycles. The van der Waals surface area contributed by atoms with E-state index in [1.54, 1.807) is 42.5 Å². The summed E-state index contributed by atoms with van der Waals surface area (Å²) in [5.74, 6) is 0.783. The highest BCUT2D eigenvalue weighted by atomic mass is 79.9. The Morgan fingerprint density at radius 1 is 0.931 bits per heavy atom. The summed E-state index contributed by atoms with van der Waals surface area (Å²) < 4.78 is 32.0. The number of amides is 1. The standard InChI is InChI=1S/C21H19BrN2O4S/c1-29(26,27)24(15-21(25)23-20-10-6-5-9-19(20)22)16-11-13-18(14-12-16)28-17-7-3-2-4-8-17/h2-14H,15H2,1H3,(H,23,25). The fourth-order valence-corrected chi connectivity index (χ4v) is 3.83. The Balaban J connectivity index is 1.75. The van der Waals surface area contributed by atoms with E-state index in [1.807, 2.05) is 36.4 Å². The second-order valence-corrected chi connectivity index (χ2v) is 8.97. The van der Waals surface area contributed by atoms with Crippen LogP contribution in [-0.2, 0) is 14.8 Å². The summed E-state index contributed by atoms with van der Waals surface area (Å²) in [6, 6.07) is 22.9. The lowest BCUT2D eigenvalue weighted by atomic mass is 10.3. The first kappa shape index (κ1) is 20.9. The van der Waals surface area contributed by atoms with Crippen molar-refractivity contribution < 1.29 is 17.9 Å². The zero-order valence-corrected chi connectivity index (χ0v) is 18.0. The molecule has 0 fully saturated rings. The summed E-state index contributed by atoms with van der Waals surface area (Å²) >= 11 is 3.35. The van der Waals surface area contributed by atoms with Gasteiger partial charge < -0.3 is 10.1 Å². The second kappa shape index (κ2) is 9.11. The van der Waals surface area contributed by atoms with Gasteiger partial charge in [0.05, 0.1) is 17.6 Å². The predicted molar refractivity (Wildman–Crippen MR) is 118 cm³/mol. The Bertz CT molecular complexity index is 1090. The molecule has 0 spiro atoms. The number of hydrogen-bond acceptors (Lipinski definition) is 4. The molecule has 3 aromatic rings. The minimum Gasteiger partial charge on any atom is -0.457 e. The fraction of sp³-hybridized carbons (Fsp3) is 0.0952. The lowest BCUT2D eigenvalue weighted by Gasteiger charge is -2.22. The molecule has 8 heteroatoms. The highest BCUT2D eigenvalue weighted by molar-refractivity contribution is 9.10. The Morgan fingerprint density at radius 2 is 1.52 bits per heavy atom. The Morgan fingerprint density at radius 3 is 2.14 bits per heavy atom. The van der Waals surface area contributed by atoms with Crippen LogP contribution in [0.25, 0.3) is 0 Å². The normalized spacial score (nSPS) is 11.0. The van der Waals surface area contributed by atoms with E-state index in [9.17, 15) is 13.2 Å². The molecule has 0 aliphatic heterocycles. The number of halogens is 1. The van der Waals surface area contributed by atoms with E-state index in [4.69, 9.17) is 4.74 Å². The van der Waals surface area contributed by atoms with Gasteiger partial charge in [-0.25, -0.2) is 8.42 Å². The van der Waals surface area contributed by atoms with E-state index < -0.39 is 15.9 Å². The van der Waals surface area contributed by atoms with Crippen molar-refractivity contribution >= 4 is 43.2 Å². The first-order valence-electron chi connectivity index (χ1n) is 8.68. The summed E-state index contributed by atoms with van der Waals surface area (Å²) in [5, 5.41) is 2.71. The van der Waals surface area contributed by atoms with Gasteiger partial charge in [0.1, 0.15) is 18.0 Å². The van der Waals surface area contributed by atoms with Crippen molar-refractivity contribution in [3.8, 4) is 11.5 Å². The number of hydrogen-bond donors (Lipinski definition) is 1. The van der Waals surface area contributed by atoms with Crippen LogP contribution < -0.4 is 14.4 Å². The third-order valence-electron chi connectivity index (χ3n) is 3.94. The third kappa shape index (κ3) is 5.82. The Kier molecular flexibility index (Phi) is 6.56. The first-order chi connectivity index (χ1) is 13.8. The maximum absolute atomic E-state index is 12.4. The molecule has 0 heterocycles. The largest absolute Gasteiger partial charge is 0.457 e. The van der Waals surface area contributed by atoms with Gasteiger partial charge in [-0.3, -0.25) is 9.10 Å². The molecular weight excluding hydrogens is 456 g/mol. The highest BCUT2D eigenvalue weighted by Gasteiger charge is 2.21. The number of ether oxygens (including phenoxy) is 1. The van der Waals surface area contributed by atoms with Crippen molar-refractivity contribution in [1.29, 1.82) is 0 Å². The summed E-state index contributed by atoms with van der Waals surface area (Å²) in [6.07, 6.45) is 1.06. The summed E-state index contributed by atoms with van der Waals surface area (Å²) in [6.45, 7) is -0.348. The minimum absolute atomic E-state index is 0.348. The van der Waals surface area contributed by atoms with E-state index >= 15 is 0 Å². The molecular formula is C21H19BrN2O4S. The number of anilines is 2. The Hall–Kier alpha value is -2.84. The molecule has 3 rings (SSSR count). The zero-order valence-electron chi connectivity index (χ0n) is 15.6. The number of nitrogens with one attached hydrogen (secondary N) is 1. The molecule has 0 saturated heterocycles. The van der Waals surface area contributed by atoms with Crippen LogP contribution in [0.15, 0.2) is 83.3 Å². The van der Waals surface area contributed by atoms with E-state index in [-0.39, 0.29) is 6.54 Å². The van der Waals surface area contributed by atoms with Crippen LogP contribution in [-0.4, -0.2) is 27.1 Å². The van der Waals surface area contributed by atoms with Gasteiger partial charge in [0.15, 0.2) is 0 Å². The van der Waals surface area contributed by atoms with Crippen molar-refractivity contribution in [2.24, 2.45) is 0 Å². The number of carbonyl (C=O) groups excluding carboxylic acids is 1. The number of rotatable bonds is 7. The quantitative estimate of drug-likeness (QED) is 0.540. The SMILES string of the molecule is CS(=O)(=O)N(CC(=O)Nc1ccccc1Br)c1ccc(Oc2ccccc2)cc1. The van der Waals surface area contributed by atoms with E-state index in [2.05, 4.69) is 21.2 Å². The Labute approximate surface area is 178 Å². The summed E-state index contributed by atoms with van der Waals surface area (Å²) in [7, 11) is -3.67. The number of sulfonamides is 1. The fourth-order valence-electron chi connectivity index (χ4n) is 2.59.